The van der Waals surface area contributed by atoms with Gasteiger partial charge in [-0.15, -0.1) is 0 Å². The molecule has 0 unspecified atom stereocenters. The van der Waals surface area contributed by atoms with Gasteiger partial charge < -0.3 is 98.7 Å². The molecule has 4 aliphatic heterocycles. The minimum atomic E-state index is -1.77. The summed E-state index contributed by atoms with van der Waals surface area (Å²) in [5.41, 5.74) is -6.56. The molecule has 23 nitrogen and oxygen atoms in total. The highest BCUT2D eigenvalue weighted by Gasteiger charge is 2.53. The summed E-state index contributed by atoms with van der Waals surface area (Å²) in [6, 6.07) is -1.49. The maximum Gasteiger partial charge on any atom is 0.311 e. The summed E-state index contributed by atoms with van der Waals surface area (Å²) in [7, 11) is 11.2. The molecule has 9 N–H and O–H groups in total. The zero-order valence-corrected chi connectivity index (χ0v) is 57.5. The molecule has 28 atom stereocenters. The van der Waals surface area contributed by atoms with Crippen LogP contribution in [0.15, 0.2) is 0 Å². The highest BCUT2D eigenvalue weighted by Crippen LogP contribution is 2.40. The number of hydrogen-bond donors (Lipinski definition) is 9. The van der Waals surface area contributed by atoms with Gasteiger partial charge in [-0.2, -0.15) is 0 Å². The normalized spacial score (nSPS) is 46.3. The number of carbonyl (C=O) groups excluding carboxylic acids is 3. The van der Waals surface area contributed by atoms with E-state index in [0.29, 0.717) is 25.9 Å². The average Bonchev–Trinajstić information content (AvgIpc) is 1.74. The van der Waals surface area contributed by atoms with Gasteiger partial charge in [0, 0.05) is 43.1 Å². The largest absolute Gasteiger partial charge is 0.459 e. The van der Waals surface area contributed by atoms with E-state index >= 15 is 0 Å². The lowest BCUT2D eigenvalue weighted by Gasteiger charge is -2.47. The zero-order chi connectivity index (χ0) is 67.1. The van der Waals surface area contributed by atoms with Gasteiger partial charge in [0.25, 0.3) is 0 Å². The van der Waals surface area contributed by atoms with Crippen LogP contribution in [0.1, 0.15) is 163 Å². The number of esters is 3. The van der Waals surface area contributed by atoms with Crippen molar-refractivity contribution in [3.05, 3.63) is 0 Å². The van der Waals surface area contributed by atoms with E-state index in [1.807, 2.05) is 89.6 Å². The Bertz CT molecular complexity index is 2120. The Kier molecular flexibility index (Phi) is 29.5. The van der Waals surface area contributed by atoms with Crippen molar-refractivity contribution in [2.24, 2.45) is 41.4 Å². The van der Waals surface area contributed by atoms with E-state index in [1.54, 1.807) is 69.2 Å². The molecule has 512 valence electrons. The summed E-state index contributed by atoms with van der Waals surface area (Å²) in [4.78, 5) is 47.3. The molecular weight excluding hydrogens is 1130 g/mol. The fourth-order valence-electron chi connectivity index (χ4n) is 13.9. The molecule has 0 radical (unpaired) electrons. The monoisotopic (exact) mass is 1250 g/mol. The van der Waals surface area contributed by atoms with Gasteiger partial charge in [0.2, 0.25) is 0 Å². The minimum absolute atomic E-state index is 0.0990. The number of nitrogens with zero attached hydrogens (tertiary/aromatic N) is 4. The molecule has 0 aromatic rings. The van der Waals surface area contributed by atoms with Crippen LogP contribution < -0.4 is 0 Å². The molecule has 0 aromatic heterocycles. The summed E-state index contributed by atoms with van der Waals surface area (Å²) in [5.74, 6) is -6.22. The van der Waals surface area contributed by atoms with E-state index in [-0.39, 0.29) is 67.7 Å². The first-order valence-electron chi connectivity index (χ1n) is 32.1. The number of hydrogen-bond acceptors (Lipinski definition) is 23. The Labute approximate surface area is 521 Å². The summed E-state index contributed by atoms with van der Waals surface area (Å²) in [6.45, 7) is 31.9. The van der Waals surface area contributed by atoms with E-state index in [2.05, 4.69) is 0 Å². The van der Waals surface area contributed by atoms with Crippen molar-refractivity contribution in [2.75, 3.05) is 55.4 Å². The standard InChI is InChI=1S/C34H64N2O10.C30H58N2O9/c1-14-25-34(10,42)28(38)23(8)36(13)17-19(4)16-33(9,41)29(21(6)26(37)22(7)31(40)44-25)46-32-27(45-30(39)18(2)3)24(35(11)12)15-20(5)43-32;1-12-22-30(8,38)25(35)20(6)32(11)15-16(2)14-29(7,37)26(18(4)23(33)19(5)27(36)40-22)41-28-24(34)21(31(9)10)13-17(3)39-28/h18-29,32,37-38,41-42H,14-17H2,1-13H3;16-26,28,33-35,37-38H,12-15H2,1-11H3/t19-,20-,21+,22-,23-,24+,25-,26+,27-,28-,29-,32+,33-,34-;16-,17-,18+,19-,20-,21+,22-,23+,24-,25-,26-,28+,29-,30-/m11/s1. The number of aliphatic hydroxyl groups is 9. The fraction of sp³-hybridized carbons (Fsp3) is 0.953. The quantitative estimate of drug-likeness (QED) is 0.112. The lowest BCUT2D eigenvalue weighted by Crippen LogP contribution is -2.60. The van der Waals surface area contributed by atoms with Crippen LogP contribution in [0.2, 0.25) is 0 Å². The number of ether oxygens (including phenoxy) is 7. The molecular formula is C64H122N4O19. The van der Waals surface area contributed by atoms with Crippen molar-refractivity contribution in [1.82, 2.24) is 19.6 Å². The SMILES string of the molecule is CC[C@H]1OC(=O)[C@H](C)[C@@H](O)[C@H](C)[C@@H](O[C@@H]2O[C@H](C)C[C@H](N(C)C)[C@H]2O)[C@](C)(O)C[C@@H](C)CN(C)[C@H](C)[C@@H](O)[C@]1(C)O.CC[C@H]1OC(=O)[C@H](C)[C@@H](O)[C@H](C)[C@@H](O[C@@H]2O[C@H](C)C[C@H](N(C)C)[C@H]2OC(=O)C(C)C)[C@](C)(O)C[C@@H](C)CN(C)[C@H](C)[C@@H](O)[C@]1(C)O. The van der Waals surface area contributed by atoms with Crippen molar-refractivity contribution in [2.45, 2.75) is 296 Å². The van der Waals surface area contributed by atoms with E-state index < -0.39 is 150 Å². The molecule has 0 bridgehead atoms. The maximum atomic E-state index is 13.4. The first-order chi connectivity index (χ1) is 39.8. The van der Waals surface area contributed by atoms with Crippen molar-refractivity contribution in [1.29, 1.82) is 0 Å². The van der Waals surface area contributed by atoms with Gasteiger partial charge in [0.05, 0.1) is 71.6 Å². The highest BCUT2D eigenvalue weighted by atomic mass is 16.7. The lowest BCUT2D eigenvalue weighted by atomic mass is 9.78. The molecule has 0 aromatic carbocycles. The predicted octanol–water partition coefficient (Wildman–Crippen LogP) is 3.16. The average molecular weight is 1250 g/mol. The molecule has 0 spiro atoms. The van der Waals surface area contributed by atoms with Crippen molar-refractivity contribution in [3.63, 3.8) is 0 Å². The van der Waals surface area contributed by atoms with Crippen LogP contribution in [0.25, 0.3) is 0 Å². The van der Waals surface area contributed by atoms with E-state index in [4.69, 9.17) is 33.2 Å². The smallest absolute Gasteiger partial charge is 0.311 e. The van der Waals surface area contributed by atoms with E-state index in [9.17, 15) is 60.3 Å². The molecule has 4 rings (SSSR count). The Morgan fingerprint density at radius 2 is 0.931 bits per heavy atom. The number of likely N-dealkylation sites (N-methyl/N-ethyl adjacent to an activating group) is 4. The van der Waals surface area contributed by atoms with Gasteiger partial charge in [-0.1, -0.05) is 55.4 Å². The van der Waals surface area contributed by atoms with Crippen molar-refractivity contribution >= 4 is 17.9 Å². The third-order valence-corrected chi connectivity index (χ3v) is 19.6. The van der Waals surface area contributed by atoms with Crippen LogP contribution in [-0.2, 0) is 47.5 Å². The summed E-state index contributed by atoms with van der Waals surface area (Å²) >= 11 is 0. The zero-order valence-electron chi connectivity index (χ0n) is 57.5. The van der Waals surface area contributed by atoms with Crippen LogP contribution >= 0.6 is 0 Å². The van der Waals surface area contributed by atoms with Crippen molar-refractivity contribution in [3.8, 4) is 0 Å². The van der Waals surface area contributed by atoms with Crippen LogP contribution in [0.5, 0.6) is 0 Å². The van der Waals surface area contributed by atoms with Gasteiger partial charge in [0.1, 0.15) is 41.7 Å². The number of aliphatic hydroxyl groups excluding tert-OH is 5. The van der Waals surface area contributed by atoms with E-state index in [1.165, 1.54) is 27.7 Å². The van der Waals surface area contributed by atoms with E-state index in [0.717, 1.165) is 0 Å². The van der Waals surface area contributed by atoms with Gasteiger partial charge in [-0.3, -0.25) is 14.4 Å². The molecule has 0 saturated carbocycles. The molecule has 4 fully saturated rings. The van der Waals surface area contributed by atoms with Crippen LogP contribution in [0.4, 0.5) is 0 Å². The maximum absolute atomic E-state index is 13.4. The third kappa shape index (κ3) is 19.9. The topological polar surface area (TPSA) is 311 Å². The van der Waals surface area contributed by atoms with Crippen LogP contribution in [0.3, 0.4) is 0 Å². The Morgan fingerprint density at radius 3 is 1.28 bits per heavy atom. The first-order valence-corrected chi connectivity index (χ1v) is 32.1. The second-order valence-electron chi connectivity index (χ2n) is 28.8. The molecule has 4 saturated heterocycles. The summed E-state index contributed by atoms with van der Waals surface area (Å²) in [6.07, 6.45) is -11.5. The van der Waals surface area contributed by atoms with Gasteiger partial charge in [-0.25, -0.2) is 0 Å². The molecule has 0 aliphatic carbocycles. The Balaban J connectivity index is 0.000000458. The van der Waals surface area contributed by atoms with Gasteiger partial charge in [0.15, 0.2) is 18.7 Å². The molecule has 4 aliphatic rings. The second kappa shape index (κ2) is 32.5. The van der Waals surface area contributed by atoms with Crippen LogP contribution in [-0.4, -0.2) is 271 Å². The highest BCUT2D eigenvalue weighted by molar-refractivity contribution is 5.73. The summed E-state index contributed by atoms with van der Waals surface area (Å²) in [5, 5.41) is 104. The molecule has 0 amide bonds. The molecule has 23 heteroatoms. The predicted molar refractivity (Wildman–Crippen MR) is 329 cm³/mol. The Morgan fingerprint density at radius 1 is 0.586 bits per heavy atom. The second-order valence-corrected chi connectivity index (χ2v) is 28.8. The summed E-state index contributed by atoms with van der Waals surface area (Å²) < 4.78 is 42.7. The third-order valence-electron chi connectivity index (χ3n) is 19.6. The van der Waals surface area contributed by atoms with Crippen LogP contribution in [0, 0.1) is 41.4 Å². The lowest BCUT2D eigenvalue weighted by molar-refractivity contribution is -0.302. The van der Waals surface area contributed by atoms with Gasteiger partial charge in [-0.05, 0) is 162 Å². The number of cyclic esters (lactones) is 2. The molecule has 87 heavy (non-hydrogen) atoms. The minimum Gasteiger partial charge on any atom is -0.459 e. The first kappa shape index (κ1) is 79.0. The fourth-order valence-corrected chi connectivity index (χ4v) is 13.9. The molecule has 4 heterocycles. The number of carbonyl (C=O) groups is 3. The van der Waals surface area contributed by atoms with Crippen molar-refractivity contribution < 1.29 is 93.5 Å². The Hall–Kier alpha value is -2.27. The van der Waals surface area contributed by atoms with Gasteiger partial charge >= 0.3 is 17.9 Å². The number of rotatable bonds is 10.